The van der Waals surface area contributed by atoms with Gasteiger partial charge in [0.15, 0.2) is 9.84 Å². The minimum Gasteiger partial charge on any atom is -0.497 e. The maximum Gasteiger partial charge on any atom is 0.271 e. The van der Waals surface area contributed by atoms with Crippen LogP contribution in [-0.4, -0.2) is 43.5 Å². The van der Waals surface area contributed by atoms with Crippen LogP contribution in [-0.2, 0) is 9.84 Å². The molecule has 1 atom stereocenters. The lowest BCUT2D eigenvalue weighted by Crippen LogP contribution is -2.47. The summed E-state index contributed by atoms with van der Waals surface area (Å²) in [7, 11) is -1.47. The summed E-state index contributed by atoms with van der Waals surface area (Å²) in [5.74, 6) is 0.494. The number of hydrogen-bond acceptors (Lipinski definition) is 6. The average molecular weight is 366 g/mol. The molecule has 1 fully saturated rings. The molecular weight excluding hydrogens is 348 g/mol. The smallest absolute Gasteiger partial charge is 0.271 e. The first-order chi connectivity index (χ1) is 11.3. The molecule has 1 aliphatic heterocycles. The molecule has 1 aromatic carbocycles. The van der Waals surface area contributed by atoms with Crippen molar-refractivity contribution in [2.24, 2.45) is 0 Å². The van der Waals surface area contributed by atoms with Crippen molar-refractivity contribution in [3.63, 3.8) is 0 Å². The second-order valence-electron chi connectivity index (χ2n) is 6.12. The van der Waals surface area contributed by atoms with Crippen LogP contribution in [0.1, 0.15) is 23.8 Å². The van der Waals surface area contributed by atoms with E-state index in [1.165, 1.54) is 11.3 Å². The SMILES string of the molecule is COc1ccc(-c2nc(C(=O)NC3(C)CCS(=O)(=O)C3)cs2)cc1. The summed E-state index contributed by atoms with van der Waals surface area (Å²) >= 11 is 1.37. The zero-order valence-corrected chi connectivity index (χ0v) is 15.0. The van der Waals surface area contributed by atoms with E-state index in [4.69, 9.17) is 4.74 Å². The van der Waals surface area contributed by atoms with Crippen LogP contribution in [0.25, 0.3) is 10.6 Å². The monoisotopic (exact) mass is 366 g/mol. The zero-order chi connectivity index (χ0) is 17.4. The van der Waals surface area contributed by atoms with Crippen molar-refractivity contribution in [2.75, 3.05) is 18.6 Å². The quantitative estimate of drug-likeness (QED) is 0.896. The van der Waals surface area contributed by atoms with Gasteiger partial charge in [-0.3, -0.25) is 4.79 Å². The first kappa shape index (κ1) is 16.9. The fourth-order valence-electron chi connectivity index (χ4n) is 2.69. The second kappa shape index (κ2) is 6.18. The topological polar surface area (TPSA) is 85.4 Å². The van der Waals surface area contributed by atoms with Gasteiger partial charge in [-0.15, -0.1) is 11.3 Å². The van der Waals surface area contributed by atoms with E-state index in [1.807, 2.05) is 24.3 Å². The van der Waals surface area contributed by atoms with Gasteiger partial charge in [0, 0.05) is 10.9 Å². The number of nitrogens with one attached hydrogen (secondary N) is 1. The molecular formula is C16H18N2O4S2. The molecule has 6 nitrogen and oxygen atoms in total. The maximum atomic E-state index is 12.4. The van der Waals surface area contributed by atoms with Gasteiger partial charge in [0.1, 0.15) is 16.5 Å². The fraction of sp³-hybridized carbons (Fsp3) is 0.375. The second-order valence-corrected chi connectivity index (χ2v) is 9.17. The number of nitrogens with zero attached hydrogens (tertiary/aromatic N) is 1. The number of aromatic nitrogens is 1. The van der Waals surface area contributed by atoms with E-state index in [-0.39, 0.29) is 17.4 Å². The number of sulfone groups is 1. The number of benzene rings is 1. The molecule has 0 spiro atoms. The van der Waals surface area contributed by atoms with Gasteiger partial charge in [-0.25, -0.2) is 13.4 Å². The Morgan fingerprint density at radius 1 is 1.33 bits per heavy atom. The van der Waals surface area contributed by atoms with Crippen LogP contribution in [0.4, 0.5) is 0 Å². The van der Waals surface area contributed by atoms with Gasteiger partial charge in [-0.1, -0.05) is 0 Å². The minimum atomic E-state index is -3.07. The van der Waals surface area contributed by atoms with Gasteiger partial charge < -0.3 is 10.1 Å². The number of hydrogen-bond donors (Lipinski definition) is 1. The molecule has 1 amide bonds. The summed E-state index contributed by atoms with van der Waals surface area (Å²) in [5.41, 5.74) is 0.477. The van der Waals surface area contributed by atoms with Crippen molar-refractivity contribution in [3.05, 3.63) is 35.3 Å². The molecule has 1 unspecified atom stereocenters. The van der Waals surface area contributed by atoms with Gasteiger partial charge >= 0.3 is 0 Å². The number of ether oxygens (including phenoxy) is 1. The third-order valence-electron chi connectivity index (χ3n) is 3.99. The van der Waals surface area contributed by atoms with Crippen LogP contribution in [0.15, 0.2) is 29.6 Å². The fourth-order valence-corrected chi connectivity index (χ4v) is 5.59. The van der Waals surface area contributed by atoms with E-state index in [1.54, 1.807) is 19.4 Å². The van der Waals surface area contributed by atoms with Crippen LogP contribution in [0.5, 0.6) is 5.75 Å². The van der Waals surface area contributed by atoms with E-state index in [2.05, 4.69) is 10.3 Å². The van der Waals surface area contributed by atoms with Crippen molar-refractivity contribution in [3.8, 4) is 16.3 Å². The third kappa shape index (κ3) is 3.59. The molecule has 1 aliphatic rings. The highest BCUT2D eigenvalue weighted by atomic mass is 32.2. The highest BCUT2D eigenvalue weighted by molar-refractivity contribution is 7.91. The van der Waals surface area contributed by atoms with Crippen molar-refractivity contribution in [1.82, 2.24) is 10.3 Å². The molecule has 24 heavy (non-hydrogen) atoms. The van der Waals surface area contributed by atoms with Crippen molar-refractivity contribution < 1.29 is 17.9 Å². The normalized spacial score (nSPS) is 22.2. The Balaban J connectivity index is 1.74. The number of carbonyl (C=O) groups excluding carboxylic acids is 1. The van der Waals surface area contributed by atoms with E-state index < -0.39 is 15.4 Å². The molecule has 3 rings (SSSR count). The maximum absolute atomic E-state index is 12.4. The molecule has 0 aliphatic carbocycles. The zero-order valence-electron chi connectivity index (χ0n) is 13.4. The summed E-state index contributed by atoms with van der Waals surface area (Å²) in [6, 6.07) is 7.43. The molecule has 128 valence electrons. The Kier molecular flexibility index (Phi) is 4.35. The number of amides is 1. The number of carbonyl (C=O) groups is 1. The van der Waals surface area contributed by atoms with Gasteiger partial charge in [0.05, 0.1) is 24.2 Å². The molecule has 2 aromatic rings. The van der Waals surface area contributed by atoms with Crippen LogP contribution >= 0.6 is 11.3 Å². The largest absolute Gasteiger partial charge is 0.497 e. The molecule has 1 saturated heterocycles. The number of thiazole rings is 1. The Hall–Kier alpha value is -1.93. The van der Waals surface area contributed by atoms with E-state index in [0.29, 0.717) is 12.1 Å². The molecule has 1 aromatic heterocycles. The molecule has 2 heterocycles. The average Bonchev–Trinajstić information content (AvgIpc) is 3.12. The highest BCUT2D eigenvalue weighted by Gasteiger charge is 2.39. The van der Waals surface area contributed by atoms with Crippen molar-refractivity contribution in [1.29, 1.82) is 0 Å². The summed E-state index contributed by atoms with van der Waals surface area (Å²) in [5, 5.41) is 5.23. The lowest BCUT2D eigenvalue weighted by Gasteiger charge is -2.23. The first-order valence-electron chi connectivity index (χ1n) is 7.43. The lowest BCUT2D eigenvalue weighted by molar-refractivity contribution is 0.0911. The minimum absolute atomic E-state index is 0.0266. The van der Waals surface area contributed by atoms with Crippen LogP contribution in [0.2, 0.25) is 0 Å². The van der Waals surface area contributed by atoms with Gasteiger partial charge in [-0.2, -0.15) is 0 Å². The van der Waals surface area contributed by atoms with Crippen LogP contribution in [0, 0.1) is 0 Å². The van der Waals surface area contributed by atoms with Crippen molar-refractivity contribution in [2.45, 2.75) is 18.9 Å². The van der Waals surface area contributed by atoms with Crippen molar-refractivity contribution >= 4 is 27.1 Å². The molecule has 0 saturated carbocycles. The van der Waals surface area contributed by atoms with Gasteiger partial charge in [0.25, 0.3) is 5.91 Å². The van der Waals surface area contributed by atoms with Gasteiger partial charge in [0.2, 0.25) is 0 Å². The summed E-state index contributed by atoms with van der Waals surface area (Å²) in [6.45, 7) is 1.76. The van der Waals surface area contributed by atoms with Gasteiger partial charge in [-0.05, 0) is 37.6 Å². The van der Waals surface area contributed by atoms with Crippen LogP contribution < -0.4 is 10.1 Å². The number of rotatable bonds is 4. The Morgan fingerprint density at radius 3 is 2.62 bits per heavy atom. The van der Waals surface area contributed by atoms with Crippen LogP contribution in [0.3, 0.4) is 0 Å². The summed E-state index contributed by atoms with van der Waals surface area (Å²) in [6.07, 6.45) is 0.427. The third-order valence-corrected chi connectivity index (χ3v) is 6.79. The first-order valence-corrected chi connectivity index (χ1v) is 10.1. The summed E-state index contributed by atoms with van der Waals surface area (Å²) in [4.78, 5) is 16.7. The summed E-state index contributed by atoms with van der Waals surface area (Å²) < 4.78 is 28.4. The Bertz CT molecular complexity index is 858. The van der Waals surface area contributed by atoms with E-state index in [9.17, 15) is 13.2 Å². The predicted molar refractivity (Wildman–Crippen MR) is 93.2 cm³/mol. The Labute approximate surface area is 144 Å². The van der Waals surface area contributed by atoms with E-state index in [0.717, 1.165) is 16.3 Å². The molecule has 1 N–H and O–H groups in total. The standard InChI is InChI=1S/C16H18N2O4S2/c1-16(7-8-24(20,21)10-16)18-14(19)13-9-23-15(17-13)11-3-5-12(22-2)6-4-11/h3-6,9H,7-8,10H2,1-2H3,(H,18,19). The number of methoxy groups -OCH3 is 1. The predicted octanol–water partition coefficient (Wildman–Crippen LogP) is 2.13. The molecule has 0 bridgehead atoms. The Morgan fingerprint density at radius 2 is 2.04 bits per heavy atom. The van der Waals surface area contributed by atoms with E-state index >= 15 is 0 Å². The molecule has 8 heteroatoms. The molecule has 0 radical (unpaired) electrons. The highest BCUT2D eigenvalue weighted by Crippen LogP contribution is 2.27. The lowest BCUT2D eigenvalue weighted by atomic mass is 10.0.